The van der Waals surface area contributed by atoms with E-state index in [-0.39, 0.29) is 17.3 Å². The van der Waals surface area contributed by atoms with E-state index in [1.807, 2.05) is 4.90 Å². The molecule has 4 nitrogen and oxygen atoms in total. The van der Waals surface area contributed by atoms with Crippen LogP contribution in [0.5, 0.6) is 5.75 Å². The lowest BCUT2D eigenvalue weighted by Crippen LogP contribution is -2.50. The van der Waals surface area contributed by atoms with Gasteiger partial charge in [0.1, 0.15) is 5.75 Å². The lowest BCUT2D eigenvalue weighted by atomic mass is 9.87. The molecule has 0 aliphatic carbocycles. The summed E-state index contributed by atoms with van der Waals surface area (Å²) in [4.78, 5) is 14.4. The molecule has 1 aromatic rings. The number of phenolic OH excluding ortho intramolecular Hbond substituents is 1. The van der Waals surface area contributed by atoms with Gasteiger partial charge in [0.25, 0.3) is 5.91 Å². The molecule has 108 valence electrons. The van der Waals surface area contributed by atoms with Crippen LogP contribution in [0.25, 0.3) is 0 Å². The summed E-state index contributed by atoms with van der Waals surface area (Å²) in [6.45, 7) is 4.49. The number of nitrogens with zero attached hydrogens (tertiary/aromatic N) is 1. The Balaban J connectivity index is 1.73. The molecule has 4 heteroatoms. The number of hydrogen-bond donors (Lipinski definition) is 1. The van der Waals surface area contributed by atoms with Gasteiger partial charge in [0.05, 0.1) is 12.2 Å². The van der Waals surface area contributed by atoms with Gasteiger partial charge >= 0.3 is 0 Å². The SMILES string of the molecule is C[C@H]1CO[C@@]2(CCCN(C(=O)c3ccc(O)cc3)C2)C1. The normalized spacial score (nSPS) is 29.9. The Hall–Kier alpha value is -1.55. The number of piperidine rings is 1. The highest BCUT2D eigenvalue weighted by Crippen LogP contribution is 2.37. The fraction of sp³-hybridized carbons (Fsp3) is 0.562. The van der Waals surface area contributed by atoms with Crippen molar-refractivity contribution in [1.82, 2.24) is 4.90 Å². The average Bonchev–Trinajstić information content (AvgIpc) is 2.79. The van der Waals surface area contributed by atoms with Crippen LogP contribution in [0, 0.1) is 5.92 Å². The van der Waals surface area contributed by atoms with Crippen LogP contribution in [0.15, 0.2) is 24.3 Å². The van der Waals surface area contributed by atoms with Crippen LogP contribution < -0.4 is 0 Å². The van der Waals surface area contributed by atoms with E-state index in [2.05, 4.69) is 6.92 Å². The molecule has 20 heavy (non-hydrogen) atoms. The third-order valence-electron chi connectivity index (χ3n) is 4.34. The van der Waals surface area contributed by atoms with Gasteiger partial charge in [-0.25, -0.2) is 0 Å². The van der Waals surface area contributed by atoms with Crippen LogP contribution in [0.3, 0.4) is 0 Å². The number of ether oxygens (including phenoxy) is 1. The number of amides is 1. The highest BCUT2D eigenvalue weighted by atomic mass is 16.5. The molecule has 1 aromatic carbocycles. The van der Waals surface area contributed by atoms with Crippen molar-refractivity contribution in [2.75, 3.05) is 19.7 Å². The Morgan fingerprint density at radius 1 is 1.40 bits per heavy atom. The summed E-state index contributed by atoms with van der Waals surface area (Å²) in [6.07, 6.45) is 3.10. The molecule has 0 aromatic heterocycles. The van der Waals surface area contributed by atoms with Crippen molar-refractivity contribution >= 4 is 5.91 Å². The maximum Gasteiger partial charge on any atom is 0.253 e. The lowest BCUT2D eigenvalue weighted by molar-refractivity contribution is -0.0449. The molecule has 3 rings (SSSR count). The number of phenols is 1. The summed E-state index contributed by atoms with van der Waals surface area (Å²) >= 11 is 0. The number of carbonyl (C=O) groups excluding carboxylic acids is 1. The number of aromatic hydroxyl groups is 1. The van der Waals surface area contributed by atoms with Gasteiger partial charge in [-0.2, -0.15) is 0 Å². The zero-order valence-electron chi connectivity index (χ0n) is 11.8. The third kappa shape index (κ3) is 2.52. The Bertz CT molecular complexity index is 495. The van der Waals surface area contributed by atoms with E-state index in [4.69, 9.17) is 4.74 Å². The molecular formula is C16H21NO3. The van der Waals surface area contributed by atoms with Crippen LogP contribution >= 0.6 is 0 Å². The van der Waals surface area contributed by atoms with Gasteiger partial charge < -0.3 is 14.7 Å². The van der Waals surface area contributed by atoms with Gasteiger partial charge in [0.2, 0.25) is 0 Å². The minimum absolute atomic E-state index is 0.0345. The first-order valence-corrected chi connectivity index (χ1v) is 7.30. The third-order valence-corrected chi connectivity index (χ3v) is 4.34. The van der Waals surface area contributed by atoms with Crippen LogP contribution in [-0.4, -0.2) is 41.2 Å². The first-order valence-electron chi connectivity index (χ1n) is 7.30. The Labute approximate surface area is 119 Å². The van der Waals surface area contributed by atoms with Crippen LogP contribution in [0.2, 0.25) is 0 Å². The maximum absolute atomic E-state index is 12.5. The molecule has 0 bridgehead atoms. The minimum Gasteiger partial charge on any atom is -0.508 e. The molecule has 2 atom stereocenters. The summed E-state index contributed by atoms with van der Waals surface area (Å²) < 4.78 is 6.00. The van der Waals surface area contributed by atoms with E-state index < -0.39 is 0 Å². The van der Waals surface area contributed by atoms with E-state index in [9.17, 15) is 9.90 Å². The number of likely N-dealkylation sites (tertiary alicyclic amines) is 1. The minimum atomic E-state index is -0.121. The molecular weight excluding hydrogens is 254 g/mol. The Morgan fingerprint density at radius 2 is 2.15 bits per heavy atom. The second kappa shape index (κ2) is 5.09. The van der Waals surface area contributed by atoms with Gasteiger partial charge in [-0.05, 0) is 49.4 Å². The van der Waals surface area contributed by atoms with E-state index in [0.29, 0.717) is 18.0 Å². The molecule has 0 saturated carbocycles. The molecule has 2 fully saturated rings. The standard InChI is InChI=1S/C16H21NO3/c1-12-9-16(20-10-12)7-2-8-17(11-16)15(19)13-3-5-14(18)6-4-13/h3-6,12,18H,2,7-11H2,1H3/t12-,16+/m1/s1. The van der Waals surface area contributed by atoms with Gasteiger partial charge in [-0.3, -0.25) is 4.79 Å². The second-order valence-electron chi connectivity index (χ2n) is 6.18. The van der Waals surface area contributed by atoms with Gasteiger partial charge in [0, 0.05) is 18.7 Å². The monoisotopic (exact) mass is 275 g/mol. The molecule has 2 heterocycles. The largest absolute Gasteiger partial charge is 0.508 e. The molecule has 0 radical (unpaired) electrons. The molecule has 0 unspecified atom stereocenters. The zero-order chi connectivity index (χ0) is 14.2. The molecule has 2 aliphatic rings. The summed E-state index contributed by atoms with van der Waals surface area (Å²) in [5.74, 6) is 0.801. The van der Waals surface area contributed by atoms with Crippen LogP contribution in [-0.2, 0) is 4.74 Å². The first kappa shape index (κ1) is 13.4. The van der Waals surface area contributed by atoms with Crippen molar-refractivity contribution in [3.63, 3.8) is 0 Å². The topological polar surface area (TPSA) is 49.8 Å². The molecule has 1 N–H and O–H groups in total. The van der Waals surface area contributed by atoms with Crippen molar-refractivity contribution in [2.24, 2.45) is 5.92 Å². The maximum atomic E-state index is 12.5. The van der Waals surface area contributed by atoms with E-state index in [1.165, 1.54) is 0 Å². The number of benzene rings is 1. The molecule has 1 amide bonds. The summed E-state index contributed by atoms with van der Waals surface area (Å²) in [6, 6.07) is 6.47. The highest BCUT2D eigenvalue weighted by Gasteiger charge is 2.43. The number of rotatable bonds is 1. The quantitative estimate of drug-likeness (QED) is 0.856. The van der Waals surface area contributed by atoms with Gasteiger partial charge in [0.15, 0.2) is 0 Å². The van der Waals surface area contributed by atoms with Gasteiger partial charge in [-0.15, -0.1) is 0 Å². The van der Waals surface area contributed by atoms with E-state index in [1.54, 1.807) is 24.3 Å². The molecule has 2 saturated heterocycles. The highest BCUT2D eigenvalue weighted by molar-refractivity contribution is 5.94. The predicted octanol–water partition coefficient (Wildman–Crippen LogP) is 2.42. The number of hydrogen-bond acceptors (Lipinski definition) is 3. The zero-order valence-corrected chi connectivity index (χ0v) is 11.8. The van der Waals surface area contributed by atoms with E-state index >= 15 is 0 Å². The molecule has 1 spiro atoms. The second-order valence-corrected chi connectivity index (χ2v) is 6.18. The van der Waals surface area contributed by atoms with Crippen LogP contribution in [0.1, 0.15) is 36.5 Å². The van der Waals surface area contributed by atoms with Crippen molar-refractivity contribution in [2.45, 2.75) is 31.8 Å². The van der Waals surface area contributed by atoms with Gasteiger partial charge in [-0.1, -0.05) is 6.92 Å². The van der Waals surface area contributed by atoms with Crippen LogP contribution in [0.4, 0.5) is 0 Å². The van der Waals surface area contributed by atoms with E-state index in [0.717, 1.165) is 32.4 Å². The lowest BCUT2D eigenvalue weighted by Gasteiger charge is -2.39. The summed E-state index contributed by atoms with van der Waals surface area (Å²) in [5.41, 5.74) is 0.510. The smallest absolute Gasteiger partial charge is 0.253 e. The Morgan fingerprint density at radius 3 is 2.80 bits per heavy atom. The van der Waals surface area contributed by atoms with Crippen molar-refractivity contribution in [1.29, 1.82) is 0 Å². The summed E-state index contributed by atoms with van der Waals surface area (Å²) in [5, 5.41) is 9.30. The Kier molecular flexibility index (Phi) is 3.42. The fourth-order valence-corrected chi connectivity index (χ4v) is 3.41. The molecule has 2 aliphatic heterocycles. The predicted molar refractivity (Wildman–Crippen MR) is 75.7 cm³/mol. The first-order chi connectivity index (χ1) is 9.58. The van der Waals surface area contributed by atoms with Crippen molar-refractivity contribution < 1.29 is 14.6 Å². The van der Waals surface area contributed by atoms with Crippen molar-refractivity contribution in [3.8, 4) is 5.75 Å². The fourth-order valence-electron chi connectivity index (χ4n) is 3.41. The van der Waals surface area contributed by atoms with Crippen molar-refractivity contribution in [3.05, 3.63) is 29.8 Å². The average molecular weight is 275 g/mol. The number of carbonyl (C=O) groups is 1. The summed E-state index contributed by atoms with van der Waals surface area (Å²) in [7, 11) is 0.